The smallest absolute Gasteiger partial charge is 0.428 e. The van der Waals surface area contributed by atoms with Crippen molar-refractivity contribution in [2.24, 2.45) is 17.1 Å². The first-order chi connectivity index (χ1) is 17.2. The topological polar surface area (TPSA) is 52.3 Å². The lowest BCUT2D eigenvalue weighted by molar-refractivity contribution is -0.253. The van der Waals surface area contributed by atoms with Crippen molar-refractivity contribution in [3.63, 3.8) is 0 Å². The van der Waals surface area contributed by atoms with E-state index < -0.39 is 52.6 Å². The molecule has 9 heteroatoms. The second kappa shape index (κ2) is 10.5. The fourth-order valence-electron chi connectivity index (χ4n) is 4.60. The Morgan fingerprint density at radius 3 is 2.03 bits per heavy atom. The van der Waals surface area contributed by atoms with E-state index in [0.29, 0.717) is 11.6 Å². The zero-order chi connectivity index (χ0) is 27.6. The maximum Gasteiger partial charge on any atom is 0.461 e. The number of hydrogen-bond donors (Lipinski definition) is 1. The molecule has 1 amide bonds. The highest BCUT2D eigenvalue weighted by molar-refractivity contribution is 5.80. The summed E-state index contributed by atoms with van der Waals surface area (Å²) >= 11 is 0. The van der Waals surface area contributed by atoms with Crippen LogP contribution in [0.5, 0.6) is 5.75 Å². The molecule has 0 heterocycles. The molecule has 0 aromatic heterocycles. The minimum atomic E-state index is -4.87. The molecule has 0 spiro atoms. The van der Waals surface area contributed by atoms with Gasteiger partial charge in [0.25, 0.3) is 0 Å². The first-order valence-electron chi connectivity index (χ1n) is 11.5. The molecule has 37 heavy (non-hydrogen) atoms. The summed E-state index contributed by atoms with van der Waals surface area (Å²) in [4.78, 5) is 12.6. The third-order valence-electron chi connectivity index (χ3n) is 7.04. The standard InChI is InChI=1S/C28H27F6NO2/c1-17(26(2,3)25(35)36)27(16-18-7-5-4-6-8-18,19-9-11-21(29)12-10-19)20-13-22(30)15-23(14-20)37-28(33,34)24(31)32/h4-15,17,24H,16H2,1-3H3,(H2,35,36). The van der Waals surface area contributed by atoms with Crippen LogP contribution in [0, 0.1) is 23.0 Å². The molecule has 0 saturated carbocycles. The molecule has 0 radical (unpaired) electrons. The third-order valence-corrected chi connectivity index (χ3v) is 7.04. The second-order valence-corrected chi connectivity index (χ2v) is 9.59. The average Bonchev–Trinajstić information content (AvgIpc) is 2.82. The highest BCUT2D eigenvalue weighted by Crippen LogP contribution is 2.50. The zero-order valence-corrected chi connectivity index (χ0v) is 20.5. The van der Waals surface area contributed by atoms with Crippen LogP contribution in [0.4, 0.5) is 26.3 Å². The van der Waals surface area contributed by atoms with Crippen LogP contribution in [0.1, 0.15) is 37.5 Å². The maximum atomic E-state index is 14.9. The molecule has 0 saturated heterocycles. The van der Waals surface area contributed by atoms with Gasteiger partial charge in [0.05, 0.1) is 0 Å². The Kier molecular flexibility index (Phi) is 7.95. The van der Waals surface area contributed by atoms with Crippen LogP contribution in [0.3, 0.4) is 0 Å². The van der Waals surface area contributed by atoms with Crippen LogP contribution in [-0.4, -0.2) is 18.4 Å². The van der Waals surface area contributed by atoms with Gasteiger partial charge in [0.15, 0.2) is 0 Å². The summed E-state index contributed by atoms with van der Waals surface area (Å²) in [6.45, 7) is 4.87. The molecule has 3 rings (SSSR count). The van der Waals surface area contributed by atoms with Gasteiger partial charge in [-0.2, -0.15) is 17.6 Å². The fourth-order valence-corrected chi connectivity index (χ4v) is 4.60. The molecule has 0 aliphatic carbocycles. The first kappa shape index (κ1) is 28.1. The molecular weight excluding hydrogens is 496 g/mol. The first-order valence-corrected chi connectivity index (χ1v) is 11.5. The number of benzene rings is 3. The fraction of sp³-hybridized carbons (Fsp3) is 0.321. The number of primary amides is 1. The molecule has 0 aliphatic rings. The Morgan fingerprint density at radius 2 is 1.49 bits per heavy atom. The van der Waals surface area contributed by atoms with E-state index in [2.05, 4.69) is 4.74 Å². The van der Waals surface area contributed by atoms with Crippen molar-refractivity contribution in [2.45, 2.75) is 45.1 Å². The maximum absolute atomic E-state index is 14.9. The van der Waals surface area contributed by atoms with Gasteiger partial charge in [0.1, 0.15) is 17.4 Å². The molecule has 3 aromatic rings. The number of amides is 1. The lowest BCUT2D eigenvalue weighted by atomic mass is 9.56. The van der Waals surface area contributed by atoms with E-state index in [1.54, 1.807) is 51.1 Å². The summed E-state index contributed by atoms with van der Waals surface area (Å²) in [6.07, 6.45) is -8.93. The van der Waals surface area contributed by atoms with Crippen LogP contribution in [0.15, 0.2) is 72.8 Å². The molecule has 0 bridgehead atoms. The van der Waals surface area contributed by atoms with E-state index in [0.717, 1.165) is 17.7 Å². The van der Waals surface area contributed by atoms with Gasteiger partial charge in [-0.05, 0) is 53.3 Å². The Hall–Kier alpha value is -3.49. The number of halogens is 6. The Labute approximate surface area is 211 Å². The van der Waals surface area contributed by atoms with Gasteiger partial charge in [-0.15, -0.1) is 0 Å². The van der Waals surface area contributed by atoms with Crippen LogP contribution in [0.25, 0.3) is 0 Å². The van der Waals surface area contributed by atoms with Crippen molar-refractivity contribution < 1.29 is 35.9 Å². The molecular formula is C28H27F6NO2. The molecule has 2 N–H and O–H groups in total. The summed E-state index contributed by atoms with van der Waals surface area (Å²) in [5.41, 5.74) is 4.34. The lowest BCUT2D eigenvalue weighted by Crippen LogP contribution is -2.49. The molecule has 0 fully saturated rings. The molecule has 0 aliphatic heterocycles. The number of carbonyl (C=O) groups is 1. The van der Waals surface area contributed by atoms with Gasteiger partial charge in [-0.25, -0.2) is 8.78 Å². The van der Waals surface area contributed by atoms with E-state index >= 15 is 0 Å². The monoisotopic (exact) mass is 523 g/mol. The quantitative estimate of drug-likeness (QED) is 0.295. The average molecular weight is 524 g/mol. The van der Waals surface area contributed by atoms with Crippen LogP contribution in [-0.2, 0) is 16.6 Å². The number of ether oxygens (including phenoxy) is 1. The molecule has 2 unspecified atom stereocenters. The molecule has 3 aromatic carbocycles. The van der Waals surface area contributed by atoms with Crippen molar-refractivity contribution in [2.75, 3.05) is 0 Å². The predicted molar refractivity (Wildman–Crippen MR) is 127 cm³/mol. The van der Waals surface area contributed by atoms with E-state index in [1.165, 1.54) is 24.3 Å². The predicted octanol–water partition coefficient (Wildman–Crippen LogP) is 6.88. The van der Waals surface area contributed by atoms with Crippen molar-refractivity contribution in [3.05, 3.63) is 101 Å². The van der Waals surface area contributed by atoms with E-state index in [1.807, 2.05) is 0 Å². The van der Waals surface area contributed by atoms with Gasteiger partial charge in [-0.1, -0.05) is 63.2 Å². The van der Waals surface area contributed by atoms with Crippen molar-refractivity contribution >= 4 is 5.91 Å². The van der Waals surface area contributed by atoms with Crippen LogP contribution >= 0.6 is 0 Å². The highest BCUT2D eigenvalue weighted by atomic mass is 19.3. The summed E-state index contributed by atoms with van der Waals surface area (Å²) < 4.78 is 86.3. The summed E-state index contributed by atoms with van der Waals surface area (Å²) in [5.74, 6) is -3.84. The van der Waals surface area contributed by atoms with Gasteiger partial charge in [0, 0.05) is 16.9 Å². The van der Waals surface area contributed by atoms with E-state index in [9.17, 15) is 31.1 Å². The minimum Gasteiger partial charge on any atom is -0.428 e. The van der Waals surface area contributed by atoms with Gasteiger partial charge in [-0.3, -0.25) is 4.79 Å². The van der Waals surface area contributed by atoms with Gasteiger partial charge >= 0.3 is 12.5 Å². The third kappa shape index (κ3) is 5.76. The Balaban J connectivity index is 2.38. The molecule has 2 atom stereocenters. The number of nitrogens with two attached hydrogens (primary N) is 1. The molecule has 198 valence electrons. The number of alkyl halides is 4. The summed E-state index contributed by atoms with van der Waals surface area (Å²) in [7, 11) is 0. The van der Waals surface area contributed by atoms with Crippen molar-refractivity contribution in [1.29, 1.82) is 0 Å². The Morgan fingerprint density at radius 1 is 0.892 bits per heavy atom. The van der Waals surface area contributed by atoms with Crippen LogP contribution in [0.2, 0.25) is 0 Å². The second-order valence-electron chi connectivity index (χ2n) is 9.59. The minimum absolute atomic E-state index is 0.0600. The normalized spacial score (nSPS) is 14.8. The Bertz CT molecular complexity index is 1230. The SMILES string of the molecule is CC(C(C)(C)C(N)=O)C(Cc1ccccc1)(c1ccc(F)cc1)c1cc(F)cc(OC(F)(F)C(F)F)c1. The number of rotatable bonds is 10. The number of hydrogen-bond acceptors (Lipinski definition) is 2. The largest absolute Gasteiger partial charge is 0.461 e. The summed E-state index contributed by atoms with van der Waals surface area (Å²) in [6, 6.07) is 16.8. The van der Waals surface area contributed by atoms with Crippen molar-refractivity contribution in [1.82, 2.24) is 0 Å². The van der Waals surface area contributed by atoms with E-state index in [4.69, 9.17) is 5.73 Å². The molecule has 3 nitrogen and oxygen atoms in total. The lowest BCUT2D eigenvalue weighted by Gasteiger charge is -2.47. The highest BCUT2D eigenvalue weighted by Gasteiger charge is 2.50. The van der Waals surface area contributed by atoms with E-state index in [-0.39, 0.29) is 12.0 Å². The zero-order valence-electron chi connectivity index (χ0n) is 20.5. The number of carbonyl (C=O) groups excluding carboxylic acids is 1. The van der Waals surface area contributed by atoms with Gasteiger partial charge < -0.3 is 10.5 Å². The summed E-state index contributed by atoms with van der Waals surface area (Å²) in [5, 5.41) is 0. The van der Waals surface area contributed by atoms with Gasteiger partial charge in [0.2, 0.25) is 5.91 Å². The van der Waals surface area contributed by atoms with Crippen LogP contribution < -0.4 is 10.5 Å². The van der Waals surface area contributed by atoms with Crippen molar-refractivity contribution in [3.8, 4) is 5.75 Å².